The van der Waals surface area contributed by atoms with Gasteiger partial charge in [0, 0.05) is 19.3 Å². The van der Waals surface area contributed by atoms with E-state index in [0.29, 0.717) is 19.3 Å². The minimum Gasteiger partial charge on any atom is -0.462 e. The number of ether oxygens (including phenoxy) is 3. The highest BCUT2D eigenvalue weighted by molar-refractivity contribution is 5.71. The Bertz CT molecular complexity index is 1130. The van der Waals surface area contributed by atoms with Crippen LogP contribution in [0.25, 0.3) is 0 Å². The predicted molar refractivity (Wildman–Crippen MR) is 317 cm³/mol. The molecule has 0 rings (SSSR count). The number of esters is 3. The Labute approximate surface area is 456 Å². The molecule has 0 N–H and O–H groups in total. The normalized spacial score (nSPS) is 12.0. The molecule has 6 nitrogen and oxygen atoms in total. The first-order valence-electron chi connectivity index (χ1n) is 33.2. The fourth-order valence-electron chi connectivity index (χ4n) is 10.3. The summed E-state index contributed by atoms with van der Waals surface area (Å²) in [5, 5.41) is 0. The van der Waals surface area contributed by atoms with Crippen molar-refractivity contribution in [1.29, 1.82) is 0 Å². The van der Waals surface area contributed by atoms with E-state index in [1.807, 2.05) is 0 Å². The van der Waals surface area contributed by atoms with Crippen molar-refractivity contribution in [2.75, 3.05) is 13.2 Å². The fourth-order valence-corrected chi connectivity index (χ4v) is 10.3. The van der Waals surface area contributed by atoms with Crippen molar-refractivity contribution in [2.45, 2.75) is 386 Å². The Morgan fingerprint density at radius 2 is 0.452 bits per heavy atom. The van der Waals surface area contributed by atoms with Crippen molar-refractivity contribution in [1.82, 2.24) is 0 Å². The molecule has 0 saturated carbocycles. The van der Waals surface area contributed by atoms with Gasteiger partial charge in [-0.1, -0.05) is 328 Å². The number of hydrogen-bond acceptors (Lipinski definition) is 6. The van der Waals surface area contributed by atoms with Crippen LogP contribution in [0.3, 0.4) is 0 Å². The van der Waals surface area contributed by atoms with Gasteiger partial charge in [-0.3, -0.25) is 14.4 Å². The van der Waals surface area contributed by atoms with Crippen molar-refractivity contribution < 1.29 is 28.6 Å². The van der Waals surface area contributed by atoms with Gasteiger partial charge in [0.15, 0.2) is 6.10 Å². The van der Waals surface area contributed by atoms with E-state index in [2.05, 4.69) is 32.9 Å². The van der Waals surface area contributed by atoms with Gasteiger partial charge in [-0.05, 0) is 44.9 Å². The fraction of sp³-hybridized carbons (Fsp3) is 0.925. The van der Waals surface area contributed by atoms with Crippen LogP contribution in [0.2, 0.25) is 0 Å². The first-order chi connectivity index (χ1) is 36.0. The highest BCUT2D eigenvalue weighted by Crippen LogP contribution is 2.19. The molecule has 1 unspecified atom stereocenters. The van der Waals surface area contributed by atoms with Crippen molar-refractivity contribution in [3.63, 3.8) is 0 Å². The monoisotopic (exact) mass is 1030 g/mol. The maximum Gasteiger partial charge on any atom is 0.306 e. The SMILES string of the molecule is CCCCCC/C=C\CCCCCCCC(=O)OCC(COC(=O)CCCCCCCCCCCCCCCCCCCCCCCCCC)OC(=O)CCCCCCCCCCCCCCCCCCCC. The standard InChI is InChI=1S/C67H128O6/c1-4-7-10-13-16-19-22-25-27-29-31-32-33-34-35-36-38-39-42-45-48-51-54-57-60-66(69)72-63-64(62-71-65(68)59-56-53-50-47-44-41-24-21-18-15-12-9-6-3)73-67(70)61-58-55-52-49-46-43-40-37-30-28-26-23-20-17-14-11-8-5-2/h21,24,64H,4-20,22-23,25-63H2,1-3H3/b24-21-. The highest BCUT2D eigenvalue weighted by atomic mass is 16.6. The van der Waals surface area contributed by atoms with Gasteiger partial charge in [0.05, 0.1) is 0 Å². The van der Waals surface area contributed by atoms with E-state index in [-0.39, 0.29) is 31.1 Å². The average Bonchev–Trinajstić information content (AvgIpc) is 3.39. The lowest BCUT2D eigenvalue weighted by atomic mass is 10.0. The molecule has 1 atom stereocenters. The van der Waals surface area contributed by atoms with E-state index in [9.17, 15) is 14.4 Å². The smallest absolute Gasteiger partial charge is 0.306 e. The average molecular weight is 1030 g/mol. The Kier molecular flexibility index (Phi) is 61.1. The summed E-state index contributed by atoms with van der Waals surface area (Å²) in [5.74, 6) is -0.843. The minimum atomic E-state index is -0.769. The molecule has 0 aromatic carbocycles. The van der Waals surface area contributed by atoms with Crippen molar-refractivity contribution >= 4 is 17.9 Å². The number of carbonyl (C=O) groups excluding carboxylic acids is 3. The van der Waals surface area contributed by atoms with Crippen LogP contribution in [0.5, 0.6) is 0 Å². The summed E-state index contributed by atoms with van der Waals surface area (Å²) in [6.07, 6.45) is 73.7. The molecule has 0 radical (unpaired) electrons. The van der Waals surface area contributed by atoms with E-state index in [1.165, 1.54) is 276 Å². The lowest BCUT2D eigenvalue weighted by molar-refractivity contribution is -0.167. The van der Waals surface area contributed by atoms with Crippen LogP contribution >= 0.6 is 0 Å². The molecule has 432 valence electrons. The summed E-state index contributed by atoms with van der Waals surface area (Å²) in [4.78, 5) is 38.3. The molecule has 0 amide bonds. The predicted octanol–water partition coefficient (Wildman–Crippen LogP) is 22.4. The first kappa shape index (κ1) is 71.2. The van der Waals surface area contributed by atoms with Crippen LogP contribution in [0, 0.1) is 0 Å². The molecule has 0 aromatic heterocycles. The van der Waals surface area contributed by atoms with E-state index in [1.54, 1.807) is 0 Å². The molecule has 0 bridgehead atoms. The van der Waals surface area contributed by atoms with Gasteiger partial charge in [0.2, 0.25) is 0 Å². The van der Waals surface area contributed by atoms with Gasteiger partial charge >= 0.3 is 17.9 Å². The second kappa shape index (κ2) is 62.7. The maximum atomic E-state index is 12.9. The summed E-state index contributed by atoms with van der Waals surface area (Å²) < 4.78 is 17.0. The molecule has 73 heavy (non-hydrogen) atoms. The molecule has 0 aliphatic carbocycles. The highest BCUT2D eigenvalue weighted by Gasteiger charge is 2.19. The third kappa shape index (κ3) is 60.9. The van der Waals surface area contributed by atoms with Gasteiger partial charge in [-0.25, -0.2) is 0 Å². The van der Waals surface area contributed by atoms with Gasteiger partial charge in [0.1, 0.15) is 13.2 Å². The van der Waals surface area contributed by atoms with Crippen LogP contribution in [-0.4, -0.2) is 37.2 Å². The Morgan fingerprint density at radius 3 is 0.699 bits per heavy atom. The van der Waals surface area contributed by atoms with Crippen molar-refractivity contribution in [2.24, 2.45) is 0 Å². The van der Waals surface area contributed by atoms with Gasteiger partial charge < -0.3 is 14.2 Å². The molecule has 0 aliphatic heterocycles. The zero-order valence-corrected chi connectivity index (χ0v) is 49.7. The zero-order chi connectivity index (χ0) is 52.9. The minimum absolute atomic E-state index is 0.0659. The topological polar surface area (TPSA) is 78.9 Å². The third-order valence-electron chi connectivity index (χ3n) is 15.3. The Morgan fingerprint density at radius 1 is 0.260 bits per heavy atom. The Balaban J connectivity index is 4.22. The lowest BCUT2D eigenvalue weighted by Gasteiger charge is -2.18. The molecule has 0 spiro atoms. The lowest BCUT2D eigenvalue weighted by Crippen LogP contribution is -2.30. The van der Waals surface area contributed by atoms with Crippen molar-refractivity contribution in [3.05, 3.63) is 12.2 Å². The zero-order valence-electron chi connectivity index (χ0n) is 49.7. The van der Waals surface area contributed by atoms with Crippen LogP contribution in [0.4, 0.5) is 0 Å². The summed E-state index contributed by atoms with van der Waals surface area (Å²) >= 11 is 0. The summed E-state index contributed by atoms with van der Waals surface area (Å²) in [5.41, 5.74) is 0. The number of unbranched alkanes of at least 4 members (excludes halogenated alkanes) is 49. The summed E-state index contributed by atoms with van der Waals surface area (Å²) in [6.45, 7) is 6.70. The van der Waals surface area contributed by atoms with E-state index in [0.717, 1.165) is 64.2 Å². The van der Waals surface area contributed by atoms with E-state index < -0.39 is 6.10 Å². The Hall–Kier alpha value is -1.85. The van der Waals surface area contributed by atoms with Gasteiger partial charge in [-0.2, -0.15) is 0 Å². The van der Waals surface area contributed by atoms with Crippen LogP contribution in [0.1, 0.15) is 380 Å². The van der Waals surface area contributed by atoms with E-state index in [4.69, 9.17) is 14.2 Å². The molecule has 0 aromatic rings. The van der Waals surface area contributed by atoms with Crippen LogP contribution in [-0.2, 0) is 28.6 Å². The number of hydrogen-bond donors (Lipinski definition) is 0. The molecule has 0 fully saturated rings. The van der Waals surface area contributed by atoms with Crippen LogP contribution in [0.15, 0.2) is 12.2 Å². The summed E-state index contributed by atoms with van der Waals surface area (Å²) in [7, 11) is 0. The molecule has 0 heterocycles. The molecular weight excluding hydrogens is 901 g/mol. The maximum absolute atomic E-state index is 12.9. The second-order valence-electron chi connectivity index (χ2n) is 22.7. The van der Waals surface area contributed by atoms with E-state index >= 15 is 0 Å². The molecule has 6 heteroatoms. The van der Waals surface area contributed by atoms with Crippen LogP contribution < -0.4 is 0 Å². The van der Waals surface area contributed by atoms with Gasteiger partial charge in [-0.15, -0.1) is 0 Å². The second-order valence-corrected chi connectivity index (χ2v) is 22.7. The largest absolute Gasteiger partial charge is 0.462 e. The van der Waals surface area contributed by atoms with Crippen molar-refractivity contribution in [3.8, 4) is 0 Å². The summed E-state index contributed by atoms with van der Waals surface area (Å²) in [6, 6.07) is 0. The van der Waals surface area contributed by atoms with Gasteiger partial charge in [0.25, 0.3) is 0 Å². The number of rotatable bonds is 62. The number of carbonyl (C=O) groups is 3. The molecule has 0 saturated heterocycles. The molecule has 0 aliphatic rings. The first-order valence-corrected chi connectivity index (χ1v) is 33.2. The third-order valence-corrected chi connectivity index (χ3v) is 15.3. The molecular formula is C67H128O6. The number of allylic oxidation sites excluding steroid dienone is 2. The quantitative estimate of drug-likeness (QED) is 0.0261.